The number of nitriles is 1. The number of carboxylic acids is 1. The third-order valence-electron chi connectivity index (χ3n) is 8.13. The van der Waals surface area contributed by atoms with E-state index in [1.165, 1.54) is 24.3 Å². The molecule has 1 heterocycles. The van der Waals surface area contributed by atoms with Gasteiger partial charge in [0.2, 0.25) is 5.91 Å². The molecule has 0 spiro atoms. The first-order valence-electron chi connectivity index (χ1n) is 14.4. The standard InChI is InChI=1S/C31H31F2N3O2.C2HF3O2/c32-25-9-5-23(6-10-25)30(24-7-11-26(33)12-8-24)35-31(37)28-14-13-27(36-15-17-38-18-16-36)19-29(28)22-3-1-21(20-34)2-4-22;3-2(4,5)1(6)7/h1-12,27-30H,13-19H2,(H,35,37);(H,6,7)/t27-,28-,29+;/m1./s1. The molecule has 2 fully saturated rings. The van der Waals surface area contributed by atoms with Crippen LogP contribution in [0, 0.1) is 28.9 Å². The Bertz CT molecular complexity index is 1420. The van der Waals surface area contributed by atoms with Gasteiger partial charge < -0.3 is 15.2 Å². The molecule has 7 nitrogen and oxygen atoms in total. The average Bonchev–Trinajstić information content (AvgIpc) is 3.04. The highest BCUT2D eigenvalue weighted by Gasteiger charge is 2.39. The maximum Gasteiger partial charge on any atom is 0.490 e. The van der Waals surface area contributed by atoms with Crippen LogP contribution in [-0.4, -0.2) is 60.4 Å². The van der Waals surface area contributed by atoms with Crippen molar-refractivity contribution in [3.8, 4) is 6.07 Å². The second kappa shape index (κ2) is 15.1. The summed E-state index contributed by atoms with van der Waals surface area (Å²) in [5.74, 6) is -3.86. The van der Waals surface area contributed by atoms with Crippen LogP contribution in [0.15, 0.2) is 72.8 Å². The Labute approximate surface area is 257 Å². The summed E-state index contributed by atoms with van der Waals surface area (Å²) in [4.78, 5) is 25.3. The molecule has 1 amide bonds. The number of amides is 1. The van der Waals surface area contributed by atoms with Crippen LogP contribution >= 0.6 is 0 Å². The Morgan fingerprint density at radius 3 is 1.87 bits per heavy atom. The first-order chi connectivity index (χ1) is 21.5. The van der Waals surface area contributed by atoms with Gasteiger partial charge in [-0.2, -0.15) is 18.4 Å². The zero-order valence-corrected chi connectivity index (χ0v) is 24.1. The summed E-state index contributed by atoms with van der Waals surface area (Å²) in [6.07, 6.45) is -2.62. The lowest BCUT2D eigenvalue weighted by Gasteiger charge is -2.42. The highest BCUT2D eigenvalue weighted by Crippen LogP contribution is 2.41. The number of carbonyl (C=O) groups excluding carboxylic acids is 1. The molecule has 0 radical (unpaired) electrons. The van der Waals surface area contributed by atoms with E-state index in [1.807, 2.05) is 24.3 Å². The van der Waals surface area contributed by atoms with Crippen LogP contribution < -0.4 is 5.32 Å². The minimum Gasteiger partial charge on any atom is -0.475 e. The predicted octanol–water partition coefficient (Wildman–Crippen LogP) is 5.96. The zero-order chi connectivity index (χ0) is 32.6. The van der Waals surface area contributed by atoms with Crippen molar-refractivity contribution in [1.29, 1.82) is 5.26 Å². The molecule has 1 aliphatic carbocycles. The van der Waals surface area contributed by atoms with Gasteiger partial charge in [-0.15, -0.1) is 0 Å². The normalized spacial score (nSPS) is 20.4. The minimum absolute atomic E-state index is 0.0218. The van der Waals surface area contributed by atoms with E-state index in [9.17, 15) is 32.0 Å². The average molecular weight is 630 g/mol. The summed E-state index contributed by atoms with van der Waals surface area (Å²) < 4.78 is 64.6. The molecule has 2 N–H and O–H groups in total. The number of nitrogens with one attached hydrogen (secondary N) is 1. The van der Waals surface area contributed by atoms with Crippen LogP contribution in [0.3, 0.4) is 0 Å². The lowest BCUT2D eigenvalue weighted by atomic mass is 9.72. The molecule has 0 unspecified atom stereocenters. The largest absolute Gasteiger partial charge is 0.490 e. The maximum absolute atomic E-state index is 13.9. The van der Waals surface area contributed by atoms with Crippen LogP contribution in [0.25, 0.3) is 0 Å². The quantitative estimate of drug-likeness (QED) is 0.327. The first-order valence-corrected chi connectivity index (χ1v) is 14.4. The molecule has 3 aromatic carbocycles. The number of hydrogen-bond acceptors (Lipinski definition) is 5. The van der Waals surface area contributed by atoms with Crippen LogP contribution in [-0.2, 0) is 14.3 Å². The van der Waals surface area contributed by atoms with E-state index in [4.69, 9.17) is 14.6 Å². The number of halogens is 5. The second-order valence-corrected chi connectivity index (χ2v) is 10.9. The van der Waals surface area contributed by atoms with Crippen molar-refractivity contribution < 1.29 is 41.4 Å². The number of hydrogen-bond donors (Lipinski definition) is 2. The van der Waals surface area contributed by atoms with E-state index in [0.717, 1.165) is 62.3 Å². The van der Waals surface area contributed by atoms with E-state index in [1.54, 1.807) is 24.3 Å². The Kier molecular flexibility index (Phi) is 11.3. The Morgan fingerprint density at radius 2 is 1.40 bits per heavy atom. The van der Waals surface area contributed by atoms with Crippen molar-refractivity contribution in [2.75, 3.05) is 26.3 Å². The summed E-state index contributed by atoms with van der Waals surface area (Å²) in [6, 6.07) is 21.6. The summed E-state index contributed by atoms with van der Waals surface area (Å²) in [5, 5.41) is 19.6. The van der Waals surface area contributed by atoms with Crippen molar-refractivity contribution in [2.45, 2.75) is 43.4 Å². The minimum atomic E-state index is -5.08. The maximum atomic E-state index is 13.9. The summed E-state index contributed by atoms with van der Waals surface area (Å²) in [5.41, 5.74) is 3.08. The molecule has 238 valence electrons. The molecule has 5 rings (SSSR count). The molecule has 0 bridgehead atoms. The third kappa shape index (κ3) is 9.09. The van der Waals surface area contributed by atoms with E-state index >= 15 is 0 Å². The van der Waals surface area contributed by atoms with E-state index in [2.05, 4.69) is 16.3 Å². The van der Waals surface area contributed by atoms with Gasteiger partial charge in [-0.3, -0.25) is 9.69 Å². The molecule has 1 saturated heterocycles. The molecule has 0 aromatic heterocycles. The van der Waals surface area contributed by atoms with E-state index in [0.29, 0.717) is 11.6 Å². The van der Waals surface area contributed by atoms with Crippen LogP contribution in [0.5, 0.6) is 0 Å². The highest BCUT2D eigenvalue weighted by molar-refractivity contribution is 5.81. The highest BCUT2D eigenvalue weighted by atomic mass is 19.4. The molecule has 12 heteroatoms. The van der Waals surface area contributed by atoms with Gasteiger partial charge in [0.05, 0.1) is 30.9 Å². The third-order valence-corrected chi connectivity index (χ3v) is 8.13. The van der Waals surface area contributed by atoms with Crippen molar-refractivity contribution in [3.05, 3.63) is 107 Å². The lowest BCUT2D eigenvalue weighted by molar-refractivity contribution is -0.192. The monoisotopic (exact) mass is 629 g/mol. The molecule has 3 atom stereocenters. The number of rotatable bonds is 6. The van der Waals surface area contributed by atoms with Crippen molar-refractivity contribution in [2.24, 2.45) is 5.92 Å². The molecule has 3 aromatic rings. The zero-order valence-electron chi connectivity index (χ0n) is 24.1. The number of ether oxygens (including phenoxy) is 1. The summed E-state index contributed by atoms with van der Waals surface area (Å²) >= 11 is 0. The number of carboxylic acid groups (broad SMARTS) is 1. The van der Waals surface area contributed by atoms with Gasteiger partial charge in [-0.1, -0.05) is 36.4 Å². The number of aliphatic carboxylic acids is 1. The molecular weight excluding hydrogens is 597 g/mol. The Hall–Kier alpha value is -4.34. The Balaban J connectivity index is 0.000000591. The predicted molar refractivity (Wildman–Crippen MR) is 154 cm³/mol. The topological polar surface area (TPSA) is 103 Å². The van der Waals surface area contributed by atoms with Gasteiger partial charge in [0, 0.05) is 25.0 Å². The van der Waals surface area contributed by atoms with Crippen LogP contribution in [0.2, 0.25) is 0 Å². The van der Waals surface area contributed by atoms with E-state index in [-0.39, 0.29) is 29.4 Å². The van der Waals surface area contributed by atoms with E-state index < -0.39 is 18.2 Å². The van der Waals surface area contributed by atoms with Crippen molar-refractivity contribution in [1.82, 2.24) is 10.2 Å². The Morgan fingerprint density at radius 1 is 0.889 bits per heavy atom. The number of benzene rings is 3. The molecule has 1 aliphatic heterocycles. The van der Waals surface area contributed by atoms with Gasteiger partial charge in [0.15, 0.2) is 0 Å². The summed E-state index contributed by atoms with van der Waals surface area (Å²) in [6.45, 7) is 3.22. The van der Waals surface area contributed by atoms with Crippen LogP contribution in [0.1, 0.15) is 53.5 Å². The molecule has 1 saturated carbocycles. The molecule has 45 heavy (non-hydrogen) atoms. The second-order valence-electron chi connectivity index (χ2n) is 10.9. The number of nitrogens with zero attached hydrogens (tertiary/aromatic N) is 2. The van der Waals surface area contributed by atoms with Crippen molar-refractivity contribution in [3.63, 3.8) is 0 Å². The first kappa shape index (κ1) is 33.6. The van der Waals surface area contributed by atoms with Crippen LogP contribution in [0.4, 0.5) is 22.0 Å². The fourth-order valence-corrected chi connectivity index (χ4v) is 5.83. The number of alkyl halides is 3. The smallest absolute Gasteiger partial charge is 0.475 e. The lowest BCUT2D eigenvalue weighted by Crippen LogP contribution is -2.48. The number of carbonyl (C=O) groups is 2. The van der Waals surface area contributed by atoms with Gasteiger partial charge in [-0.05, 0) is 78.3 Å². The van der Waals surface area contributed by atoms with Crippen molar-refractivity contribution >= 4 is 11.9 Å². The van der Waals surface area contributed by atoms with Gasteiger partial charge >= 0.3 is 12.1 Å². The molecule has 2 aliphatic rings. The fourth-order valence-electron chi connectivity index (χ4n) is 5.83. The number of morpholine rings is 1. The van der Waals surface area contributed by atoms with Gasteiger partial charge in [0.25, 0.3) is 0 Å². The fraction of sp³-hybridized carbons (Fsp3) is 0.364. The summed E-state index contributed by atoms with van der Waals surface area (Å²) in [7, 11) is 0. The van der Waals surface area contributed by atoms with Gasteiger partial charge in [0.1, 0.15) is 11.6 Å². The SMILES string of the molecule is N#Cc1ccc([C@@H]2C[C@H](N3CCOCC3)CC[C@H]2C(=O)NC(c2ccc(F)cc2)c2ccc(F)cc2)cc1.O=C(O)C(F)(F)F. The molecular formula is C33H32F5N3O4. The van der Waals surface area contributed by atoms with Gasteiger partial charge in [-0.25, -0.2) is 13.6 Å².